The maximum absolute atomic E-state index is 13.1. The minimum Gasteiger partial charge on any atom is -0.454 e. The molecule has 0 bridgehead atoms. The molecule has 2 aromatic rings. The van der Waals surface area contributed by atoms with E-state index in [0.717, 1.165) is 23.7 Å². The fourth-order valence-corrected chi connectivity index (χ4v) is 4.02. The summed E-state index contributed by atoms with van der Waals surface area (Å²) in [5.41, 5.74) is 2.02. The number of carbonyl (C=O) groups excluding carboxylic acids is 3. The van der Waals surface area contributed by atoms with Gasteiger partial charge in [0.05, 0.1) is 5.69 Å². The summed E-state index contributed by atoms with van der Waals surface area (Å²) in [5, 5.41) is 2.24. The van der Waals surface area contributed by atoms with Gasteiger partial charge in [-0.1, -0.05) is 12.1 Å². The zero-order valence-corrected chi connectivity index (χ0v) is 16.8. The fourth-order valence-electron chi connectivity index (χ4n) is 4.02. The van der Waals surface area contributed by atoms with Gasteiger partial charge in [0.15, 0.2) is 11.5 Å². The molecule has 0 radical (unpaired) electrons. The minimum atomic E-state index is -0.800. The summed E-state index contributed by atoms with van der Waals surface area (Å²) in [5.74, 6) is -0.428. The number of amides is 4. The number of piperidine rings is 1. The number of rotatable bonds is 3. The molecular weight excluding hydrogens is 398 g/mol. The summed E-state index contributed by atoms with van der Waals surface area (Å²) < 4.78 is 10.6. The number of urea groups is 1. The molecule has 158 valence electrons. The third kappa shape index (κ3) is 3.61. The highest BCUT2D eigenvalue weighted by molar-refractivity contribution is 6.39. The lowest BCUT2D eigenvalue weighted by molar-refractivity contribution is -0.122. The molecule has 8 heteroatoms. The van der Waals surface area contributed by atoms with Gasteiger partial charge in [0.2, 0.25) is 6.79 Å². The Labute approximate surface area is 179 Å². The number of ether oxygens (including phenoxy) is 2. The van der Waals surface area contributed by atoms with Crippen LogP contribution >= 0.6 is 0 Å². The van der Waals surface area contributed by atoms with E-state index in [0.29, 0.717) is 22.7 Å². The van der Waals surface area contributed by atoms with E-state index in [4.69, 9.17) is 9.47 Å². The van der Waals surface area contributed by atoms with Gasteiger partial charge in [-0.2, -0.15) is 0 Å². The van der Waals surface area contributed by atoms with Crippen LogP contribution in [0.25, 0.3) is 6.08 Å². The van der Waals surface area contributed by atoms with Crippen molar-refractivity contribution in [3.63, 3.8) is 0 Å². The first-order valence-electron chi connectivity index (χ1n) is 10.3. The van der Waals surface area contributed by atoms with Crippen LogP contribution in [0, 0.1) is 0 Å². The minimum absolute atomic E-state index is 0.0794. The second-order valence-electron chi connectivity index (χ2n) is 7.63. The molecule has 2 fully saturated rings. The number of hydrogen-bond donors (Lipinski definition) is 1. The first kappa shape index (κ1) is 19.2. The molecule has 3 aliphatic heterocycles. The molecule has 0 atom stereocenters. The maximum Gasteiger partial charge on any atom is 0.335 e. The Morgan fingerprint density at radius 1 is 0.839 bits per heavy atom. The normalized spacial score (nSPS) is 19.7. The second-order valence-corrected chi connectivity index (χ2v) is 7.63. The van der Waals surface area contributed by atoms with Crippen molar-refractivity contribution in [3.05, 3.63) is 53.6 Å². The molecule has 31 heavy (non-hydrogen) atoms. The highest BCUT2D eigenvalue weighted by Gasteiger charge is 2.37. The number of carbonyl (C=O) groups is 3. The monoisotopic (exact) mass is 419 g/mol. The largest absolute Gasteiger partial charge is 0.454 e. The predicted octanol–water partition coefficient (Wildman–Crippen LogP) is 3.07. The second kappa shape index (κ2) is 7.79. The van der Waals surface area contributed by atoms with Gasteiger partial charge < -0.3 is 14.4 Å². The summed E-state index contributed by atoms with van der Waals surface area (Å²) in [7, 11) is 0. The molecule has 8 nitrogen and oxygen atoms in total. The van der Waals surface area contributed by atoms with Gasteiger partial charge in [0, 0.05) is 24.8 Å². The number of hydrogen-bond acceptors (Lipinski definition) is 6. The van der Waals surface area contributed by atoms with Crippen molar-refractivity contribution in [3.8, 4) is 11.5 Å². The standard InChI is InChI=1S/C23H21N3O5/c27-21-18(12-15-4-6-16(7-5-15)25-10-2-1-3-11-25)22(28)26(23(29)24-21)17-8-9-19-20(13-17)31-14-30-19/h4-9,12-13H,1-3,10-11,14H2,(H,24,27,29)/b18-12-. The van der Waals surface area contributed by atoms with E-state index >= 15 is 0 Å². The molecule has 0 aromatic heterocycles. The topological polar surface area (TPSA) is 88.2 Å². The van der Waals surface area contributed by atoms with Crippen LogP contribution in [0.2, 0.25) is 0 Å². The molecule has 3 aliphatic rings. The van der Waals surface area contributed by atoms with Crippen LogP contribution in [-0.4, -0.2) is 37.7 Å². The van der Waals surface area contributed by atoms with Crippen LogP contribution in [-0.2, 0) is 9.59 Å². The number of barbiturate groups is 1. The molecule has 3 heterocycles. The van der Waals surface area contributed by atoms with Crippen LogP contribution in [0.3, 0.4) is 0 Å². The summed E-state index contributed by atoms with van der Waals surface area (Å²) in [6, 6.07) is 11.7. The number of nitrogens with one attached hydrogen (secondary N) is 1. The quantitative estimate of drug-likeness (QED) is 0.608. The zero-order chi connectivity index (χ0) is 21.4. The average molecular weight is 419 g/mol. The smallest absolute Gasteiger partial charge is 0.335 e. The number of anilines is 2. The lowest BCUT2D eigenvalue weighted by atomic mass is 10.1. The van der Waals surface area contributed by atoms with E-state index in [1.54, 1.807) is 18.2 Å². The van der Waals surface area contributed by atoms with Gasteiger partial charge >= 0.3 is 6.03 Å². The summed E-state index contributed by atoms with van der Waals surface area (Å²) in [6.45, 7) is 2.15. The molecule has 0 saturated carbocycles. The van der Waals surface area contributed by atoms with Crippen molar-refractivity contribution in [2.45, 2.75) is 19.3 Å². The Hall–Kier alpha value is -3.81. The van der Waals surface area contributed by atoms with Gasteiger partial charge in [-0.05, 0) is 55.2 Å². The van der Waals surface area contributed by atoms with Crippen molar-refractivity contribution in [1.29, 1.82) is 0 Å². The molecular formula is C23H21N3O5. The lowest BCUT2D eigenvalue weighted by Crippen LogP contribution is -2.54. The van der Waals surface area contributed by atoms with E-state index in [1.807, 2.05) is 24.3 Å². The van der Waals surface area contributed by atoms with Crippen LogP contribution < -0.4 is 24.6 Å². The van der Waals surface area contributed by atoms with Crippen molar-refractivity contribution < 1.29 is 23.9 Å². The SMILES string of the molecule is O=C1NC(=O)N(c2ccc3c(c2)OCO3)C(=O)/C1=C\c1ccc(N2CCCCC2)cc1. The Morgan fingerprint density at radius 3 is 2.32 bits per heavy atom. The summed E-state index contributed by atoms with van der Waals surface area (Å²) in [6.07, 6.45) is 5.13. The van der Waals surface area contributed by atoms with Crippen LogP contribution in [0.4, 0.5) is 16.2 Å². The molecule has 2 saturated heterocycles. The van der Waals surface area contributed by atoms with E-state index in [1.165, 1.54) is 25.3 Å². The molecule has 1 N–H and O–H groups in total. The van der Waals surface area contributed by atoms with Crippen LogP contribution in [0.1, 0.15) is 24.8 Å². The predicted molar refractivity (Wildman–Crippen MR) is 114 cm³/mol. The average Bonchev–Trinajstić information content (AvgIpc) is 3.26. The highest BCUT2D eigenvalue weighted by Crippen LogP contribution is 2.36. The summed E-state index contributed by atoms with van der Waals surface area (Å²) in [4.78, 5) is 41.1. The molecule has 0 unspecified atom stereocenters. The van der Waals surface area contributed by atoms with Gasteiger partial charge in [-0.3, -0.25) is 14.9 Å². The van der Waals surface area contributed by atoms with Gasteiger partial charge in [0.1, 0.15) is 5.57 Å². The highest BCUT2D eigenvalue weighted by atomic mass is 16.7. The Morgan fingerprint density at radius 2 is 1.55 bits per heavy atom. The van der Waals surface area contributed by atoms with E-state index in [9.17, 15) is 14.4 Å². The fraction of sp³-hybridized carbons (Fsp3) is 0.261. The van der Waals surface area contributed by atoms with E-state index in [-0.39, 0.29) is 12.4 Å². The van der Waals surface area contributed by atoms with Crippen molar-refractivity contribution in [2.24, 2.45) is 0 Å². The van der Waals surface area contributed by atoms with Gasteiger partial charge in [-0.25, -0.2) is 9.69 Å². The van der Waals surface area contributed by atoms with Crippen molar-refractivity contribution in [1.82, 2.24) is 5.32 Å². The molecule has 2 aromatic carbocycles. The van der Waals surface area contributed by atoms with Crippen LogP contribution in [0.5, 0.6) is 11.5 Å². The van der Waals surface area contributed by atoms with Gasteiger partial charge in [-0.15, -0.1) is 0 Å². The lowest BCUT2D eigenvalue weighted by Gasteiger charge is -2.29. The third-order valence-electron chi connectivity index (χ3n) is 5.64. The molecule has 0 aliphatic carbocycles. The first-order valence-corrected chi connectivity index (χ1v) is 10.3. The summed E-state index contributed by atoms with van der Waals surface area (Å²) >= 11 is 0. The van der Waals surface area contributed by atoms with Crippen molar-refractivity contribution >= 4 is 35.3 Å². The Kier molecular flexibility index (Phi) is 4.82. The number of fused-ring (bicyclic) bond motifs is 1. The first-order chi connectivity index (χ1) is 15.1. The third-order valence-corrected chi connectivity index (χ3v) is 5.64. The Balaban J connectivity index is 1.41. The van der Waals surface area contributed by atoms with Gasteiger partial charge in [0.25, 0.3) is 11.8 Å². The van der Waals surface area contributed by atoms with Crippen LogP contribution in [0.15, 0.2) is 48.0 Å². The zero-order valence-electron chi connectivity index (χ0n) is 16.8. The maximum atomic E-state index is 13.1. The molecule has 5 rings (SSSR count). The molecule has 0 spiro atoms. The number of imide groups is 2. The molecule has 4 amide bonds. The number of nitrogens with zero attached hydrogens (tertiary/aromatic N) is 2. The van der Waals surface area contributed by atoms with E-state index < -0.39 is 17.8 Å². The van der Waals surface area contributed by atoms with E-state index in [2.05, 4.69) is 10.2 Å². The van der Waals surface area contributed by atoms with Crippen molar-refractivity contribution in [2.75, 3.05) is 29.7 Å². The Bertz CT molecular complexity index is 1090. The number of benzene rings is 2.